The second kappa shape index (κ2) is 9.03. The number of likely N-dealkylation sites (N-methyl/N-ethyl adjacent to an activating group) is 3. The average Bonchev–Trinajstić information content (AvgIpc) is 2.25. The molecular formula is C10H28N8. The van der Waals surface area contributed by atoms with Crippen LogP contribution in [0.15, 0.2) is 10.4 Å². The van der Waals surface area contributed by atoms with E-state index in [0.29, 0.717) is 6.04 Å². The van der Waals surface area contributed by atoms with Crippen molar-refractivity contribution in [2.45, 2.75) is 19.9 Å². The van der Waals surface area contributed by atoms with E-state index >= 15 is 0 Å². The third kappa shape index (κ3) is 9.11. The lowest BCUT2D eigenvalue weighted by molar-refractivity contribution is 0.157. The van der Waals surface area contributed by atoms with Gasteiger partial charge in [-0.3, -0.25) is 21.7 Å². The molecule has 8 nitrogen and oxygen atoms in total. The van der Waals surface area contributed by atoms with E-state index in [1.54, 1.807) is 15.0 Å². The van der Waals surface area contributed by atoms with E-state index in [-0.39, 0.29) is 0 Å². The number of hydrogen-bond acceptors (Lipinski definition) is 6. The predicted octanol–water partition coefficient (Wildman–Crippen LogP) is -0.478. The molecule has 0 aromatic rings. The van der Waals surface area contributed by atoms with E-state index in [1.807, 2.05) is 26.2 Å². The number of hydrazine groups is 2. The lowest BCUT2D eigenvalue weighted by Crippen LogP contribution is -2.37. The molecule has 0 heterocycles. The van der Waals surface area contributed by atoms with Gasteiger partial charge in [-0.25, -0.2) is 10.0 Å². The summed E-state index contributed by atoms with van der Waals surface area (Å²) in [7, 11) is 5.53. The third-order valence-corrected chi connectivity index (χ3v) is 2.36. The van der Waals surface area contributed by atoms with Crippen LogP contribution in [-0.4, -0.2) is 73.4 Å². The standard InChI is InChI=1S/C10H28N8/c1-10(2)18(9-7-16(4)12)14-13-17(5)8-6-15(3)11/h10H,6-9,11-12H2,1-5H3/b14-13+. The van der Waals surface area contributed by atoms with E-state index in [0.717, 1.165) is 26.2 Å². The first-order valence-corrected chi connectivity index (χ1v) is 6.14. The summed E-state index contributed by atoms with van der Waals surface area (Å²) < 4.78 is 0. The van der Waals surface area contributed by atoms with Crippen molar-refractivity contribution in [3.8, 4) is 0 Å². The van der Waals surface area contributed by atoms with Crippen LogP contribution in [0.5, 0.6) is 0 Å². The van der Waals surface area contributed by atoms with Gasteiger partial charge >= 0.3 is 0 Å². The van der Waals surface area contributed by atoms with Crippen molar-refractivity contribution in [3.63, 3.8) is 0 Å². The predicted molar refractivity (Wildman–Crippen MR) is 73.0 cm³/mol. The maximum absolute atomic E-state index is 5.58. The summed E-state index contributed by atoms with van der Waals surface area (Å²) in [6.07, 6.45) is 0. The van der Waals surface area contributed by atoms with Gasteiger partial charge in [0.15, 0.2) is 0 Å². The topological polar surface area (TPSA) is 89.7 Å². The second-order valence-electron chi connectivity index (χ2n) is 4.78. The molecule has 0 unspecified atom stereocenters. The van der Waals surface area contributed by atoms with Gasteiger partial charge in [0.2, 0.25) is 0 Å². The molecule has 0 spiro atoms. The number of hydrogen-bond donors (Lipinski definition) is 2. The Morgan fingerprint density at radius 3 is 1.78 bits per heavy atom. The fraction of sp³-hybridized carbons (Fsp3) is 1.00. The Morgan fingerprint density at radius 2 is 1.33 bits per heavy atom. The highest BCUT2D eigenvalue weighted by molar-refractivity contribution is 4.57. The fourth-order valence-electron chi connectivity index (χ4n) is 1.13. The van der Waals surface area contributed by atoms with Crippen LogP contribution in [0.2, 0.25) is 0 Å². The molecule has 0 saturated heterocycles. The quantitative estimate of drug-likeness (QED) is 0.331. The van der Waals surface area contributed by atoms with Crippen molar-refractivity contribution in [3.05, 3.63) is 0 Å². The van der Waals surface area contributed by atoms with Crippen LogP contribution in [0, 0.1) is 0 Å². The van der Waals surface area contributed by atoms with E-state index in [1.165, 1.54) is 0 Å². The summed E-state index contributed by atoms with van der Waals surface area (Å²) in [5.74, 6) is 11.1. The molecular weight excluding hydrogens is 232 g/mol. The zero-order valence-corrected chi connectivity index (χ0v) is 12.2. The first-order valence-electron chi connectivity index (χ1n) is 6.14. The van der Waals surface area contributed by atoms with Crippen LogP contribution in [0.25, 0.3) is 0 Å². The first-order chi connectivity index (χ1) is 8.32. The summed E-state index contributed by atoms with van der Waals surface area (Å²) in [5, 5.41) is 15.3. The minimum Gasteiger partial charge on any atom is -0.279 e. The van der Waals surface area contributed by atoms with E-state index in [2.05, 4.69) is 24.3 Å². The molecule has 0 radical (unpaired) electrons. The minimum absolute atomic E-state index is 0.291. The summed E-state index contributed by atoms with van der Waals surface area (Å²) in [4.78, 5) is 0. The number of nitrogens with zero attached hydrogens (tertiary/aromatic N) is 6. The first kappa shape index (κ1) is 17.0. The summed E-state index contributed by atoms with van der Waals surface area (Å²) in [6.45, 7) is 7.11. The molecule has 0 aliphatic carbocycles. The lowest BCUT2D eigenvalue weighted by atomic mass is 10.4. The number of rotatable bonds is 9. The molecule has 0 aromatic heterocycles. The Labute approximate surface area is 110 Å². The maximum Gasteiger partial charge on any atom is 0.0522 e. The Balaban J connectivity index is 4.13. The van der Waals surface area contributed by atoms with Crippen molar-refractivity contribution in [2.24, 2.45) is 22.1 Å². The largest absolute Gasteiger partial charge is 0.279 e. The molecule has 0 aliphatic heterocycles. The summed E-state index contributed by atoms with van der Waals surface area (Å²) >= 11 is 0. The van der Waals surface area contributed by atoms with Crippen LogP contribution in [0.1, 0.15) is 13.8 Å². The summed E-state index contributed by atoms with van der Waals surface area (Å²) in [6, 6.07) is 0.291. The Morgan fingerprint density at radius 1 is 0.833 bits per heavy atom. The SMILES string of the molecule is CC(C)N(CCN(C)N)/N=N/N(C)CCN(C)N. The molecule has 0 aromatic carbocycles. The van der Waals surface area contributed by atoms with Gasteiger partial charge in [0, 0.05) is 40.3 Å². The highest BCUT2D eigenvalue weighted by atomic mass is 15.7. The van der Waals surface area contributed by atoms with Crippen LogP contribution in [0.4, 0.5) is 0 Å². The highest BCUT2D eigenvalue weighted by Gasteiger charge is 2.07. The second-order valence-corrected chi connectivity index (χ2v) is 4.78. The zero-order valence-electron chi connectivity index (χ0n) is 12.2. The Bertz CT molecular complexity index is 228. The van der Waals surface area contributed by atoms with E-state index < -0.39 is 0 Å². The minimum atomic E-state index is 0.291. The van der Waals surface area contributed by atoms with Gasteiger partial charge < -0.3 is 0 Å². The lowest BCUT2D eigenvalue weighted by Gasteiger charge is -2.24. The molecule has 0 fully saturated rings. The van der Waals surface area contributed by atoms with Gasteiger partial charge in [0.1, 0.15) is 0 Å². The van der Waals surface area contributed by atoms with Crippen LogP contribution >= 0.6 is 0 Å². The molecule has 18 heavy (non-hydrogen) atoms. The smallest absolute Gasteiger partial charge is 0.0522 e. The maximum atomic E-state index is 5.58. The van der Waals surface area contributed by atoms with Crippen molar-refractivity contribution in [1.29, 1.82) is 0 Å². The highest BCUT2D eigenvalue weighted by Crippen LogP contribution is 2.00. The average molecular weight is 260 g/mol. The molecule has 0 atom stereocenters. The molecule has 0 aliphatic rings. The third-order valence-electron chi connectivity index (χ3n) is 2.36. The van der Waals surface area contributed by atoms with Crippen LogP contribution in [-0.2, 0) is 0 Å². The van der Waals surface area contributed by atoms with Gasteiger partial charge in [0.05, 0.1) is 13.1 Å². The van der Waals surface area contributed by atoms with Gasteiger partial charge in [-0.2, -0.15) is 0 Å². The molecule has 108 valence electrons. The van der Waals surface area contributed by atoms with Crippen LogP contribution in [0.3, 0.4) is 0 Å². The van der Waals surface area contributed by atoms with Crippen molar-refractivity contribution >= 4 is 0 Å². The number of nitrogens with two attached hydrogens (primary N) is 2. The van der Waals surface area contributed by atoms with Gasteiger partial charge in [-0.15, -0.1) is 0 Å². The molecule has 0 rings (SSSR count). The van der Waals surface area contributed by atoms with Crippen molar-refractivity contribution in [2.75, 3.05) is 47.3 Å². The van der Waals surface area contributed by atoms with Crippen molar-refractivity contribution in [1.82, 2.24) is 20.0 Å². The zero-order chi connectivity index (χ0) is 14.1. The van der Waals surface area contributed by atoms with Crippen molar-refractivity contribution < 1.29 is 0 Å². The van der Waals surface area contributed by atoms with E-state index in [4.69, 9.17) is 11.7 Å². The molecule has 0 bridgehead atoms. The molecule has 0 amide bonds. The van der Waals surface area contributed by atoms with Gasteiger partial charge in [0.25, 0.3) is 0 Å². The van der Waals surface area contributed by atoms with Gasteiger partial charge in [-0.1, -0.05) is 10.4 Å². The monoisotopic (exact) mass is 260 g/mol. The Kier molecular flexibility index (Phi) is 8.55. The fourth-order valence-corrected chi connectivity index (χ4v) is 1.13. The molecule has 8 heteroatoms. The van der Waals surface area contributed by atoms with Gasteiger partial charge in [-0.05, 0) is 13.8 Å². The van der Waals surface area contributed by atoms with Crippen LogP contribution < -0.4 is 11.7 Å². The normalized spacial score (nSPS) is 12.1. The Hall–Kier alpha value is -0.960. The van der Waals surface area contributed by atoms with E-state index in [9.17, 15) is 0 Å². The molecule has 4 N–H and O–H groups in total. The summed E-state index contributed by atoms with van der Waals surface area (Å²) in [5.41, 5.74) is 0. The molecule has 0 saturated carbocycles.